The van der Waals surface area contributed by atoms with Gasteiger partial charge in [-0.05, 0) is 45.3 Å². The van der Waals surface area contributed by atoms with Gasteiger partial charge in [-0.25, -0.2) is 0 Å². The maximum absolute atomic E-state index is 10.3. The van der Waals surface area contributed by atoms with Gasteiger partial charge in [-0.2, -0.15) is 0 Å². The van der Waals surface area contributed by atoms with Crippen molar-refractivity contribution in [1.82, 2.24) is 4.90 Å². The average molecular weight is 201 g/mol. The summed E-state index contributed by atoms with van der Waals surface area (Å²) in [7, 11) is 2.12. The van der Waals surface area contributed by atoms with Crippen LogP contribution in [-0.4, -0.2) is 36.1 Å². The largest absolute Gasteiger partial charge is 0.481 e. The molecule has 0 aromatic carbocycles. The van der Waals surface area contributed by atoms with Crippen LogP contribution < -0.4 is 0 Å². The van der Waals surface area contributed by atoms with Crippen LogP contribution in [-0.2, 0) is 4.79 Å². The van der Waals surface area contributed by atoms with Gasteiger partial charge in [0, 0.05) is 6.42 Å². The lowest BCUT2D eigenvalue weighted by atomic mass is 9.92. The highest BCUT2D eigenvalue weighted by molar-refractivity contribution is 5.66. The molecule has 0 spiro atoms. The first-order valence-corrected chi connectivity index (χ1v) is 5.59. The van der Waals surface area contributed by atoms with Gasteiger partial charge < -0.3 is 10.0 Å². The molecule has 84 valence electrons. The quantitative estimate of drug-likeness (QED) is 0.761. The monoisotopic (exact) mass is 201 g/mol. The molecule has 0 bridgehead atoms. The summed E-state index contributed by atoms with van der Waals surface area (Å²) in [4.78, 5) is 12.6. The Bertz CT molecular complexity index is 151. The number of hydrogen-bond acceptors (Lipinski definition) is 2. The van der Waals surface area contributed by atoms with Crippen molar-refractivity contribution in [3.63, 3.8) is 0 Å². The summed E-state index contributed by atoms with van der Waals surface area (Å²) in [5, 5.41) is 8.49. The van der Waals surface area contributed by atoms with Crippen molar-refractivity contribution < 1.29 is 9.90 Å². The highest BCUT2D eigenvalue weighted by Gasteiger charge is 2.16. The summed E-state index contributed by atoms with van der Waals surface area (Å²) in [6.07, 6.45) is 3.55. The Kier molecular flexibility index (Phi) is 7.48. The first-order chi connectivity index (χ1) is 6.68. The van der Waals surface area contributed by atoms with Gasteiger partial charge in [0.05, 0.1) is 0 Å². The van der Waals surface area contributed by atoms with Crippen molar-refractivity contribution in [3.8, 4) is 0 Å². The molecule has 1 heterocycles. The van der Waals surface area contributed by atoms with Crippen LogP contribution in [0.15, 0.2) is 0 Å². The topological polar surface area (TPSA) is 40.5 Å². The molecule has 1 aliphatic rings. The molecule has 1 rings (SSSR count). The number of aliphatic carboxylic acids is 1. The van der Waals surface area contributed by atoms with E-state index in [-0.39, 0.29) is 0 Å². The molecule has 1 aliphatic heterocycles. The molecule has 0 aliphatic carbocycles. The summed E-state index contributed by atoms with van der Waals surface area (Å²) in [6.45, 7) is 6.26. The Balaban J connectivity index is 0.000000791. The molecule has 14 heavy (non-hydrogen) atoms. The zero-order valence-electron chi connectivity index (χ0n) is 9.62. The molecule has 0 unspecified atom stereocenters. The fourth-order valence-electron chi connectivity index (χ4n) is 1.68. The second-order valence-electron chi connectivity index (χ2n) is 3.68. The first kappa shape index (κ1) is 13.4. The van der Waals surface area contributed by atoms with E-state index in [9.17, 15) is 4.79 Å². The zero-order valence-corrected chi connectivity index (χ0v) is 9.62. The van der Waals surface area contributed by atoms with Crippen molar-refractivity contribution in [1.29, 1.82) is 0 Å². The van der Waals surface area contributed by atoms with Crippen LogP contribution in [0.3, 0.4) is 0 Å². The van der Waals surface area contributed by atoms with Gasteiger partial charge in [-0.1, -0.05) is 13.8 Å². The summed E-state index contributed by atoms with van der Waals surface area (Å²) >= 11 is 0. The maximum atomic E-state index is 10.3. The second-order valence-corrected chi connectivity index (χ2v) is 3.68. The molecule has 1 saturated heterocycles. The molecular weight excluding hydrogens is 178 g/mol. The maximum Gasteiger partial charge on any atom is 0.303 e. The molecule has 0 saturated carbocycles. The predicted octanol–water partition coefficient (Wildman–Crippen LogP) is 2.22. The van der Waals surface area contributed by atoms with E-state index in [1.54, 1.807) is 0 Å². The van der Waals surface area contributed by atoms with Crippen LogP contribution in [0.5, 0.6) is 0 Å². The summed E-state index contributed by atoms with van der Waals surface area (Å²) in [5.41, 5.74) is 0. The molecule has 3 nitrogen and oxygen atoms in total. The Morgan fingerprint density at radius 1 is 1.36 bits per heavy atom. The van der Waals surface area contributed by atoms with Crippen molar-refractivity contribution in [2.75, 3.05) is 20.1 Å². The fourth-order valence-corrected chi connectivity index (χ4v) is 1.68. The molecule has 0 radical (unpaired) electrons. The molecule has 1 N–H and O–H groups in total. The molecule has 0 aromatic rings. The lowest BCUT2D eigenvalue weighted by Gasteiger charge is -2.28. The van der Waals surface area contributed by atoms with Gasteiger partial charge in [0.1, 0.15) is 0 Å². The number of hydrogen-bond donors (Lipinski definition) is 1. The molecular formula is C11H23NO2. The van der Waals surface area contributed by atoms with Crippen LogP contribution >= 0.6 is 0 Å². The van der Waals surface area contributed by atoms with Crippen molar-refractivity contribution in [2.24, 2.45) is 5.92 Å². The van der Waals surface area contributed by atoms with Crippen LogP contribution in [0.1, 0.15) is 39.5 Å². The highest BCUT2D eigenvalue weighted by Crippen LogP contribution is 2.20. The van der Waals surface area contributed by atoms with Crippen molar-refractivity contribution in [3.05, 3.63) is 0 Å². The lowest BCUT2D eigenvalue weighted by molar-refractivity contribution is -0.137. The van der Waals surface area contributed by atoms with Crippen LogP contribution in [0, 0.1) is 5.92 Å². The first-order valence-electron chi connectivity index (χ1n) is 5.59. The third kappa shape index (κ3) is 5.97. The molecule has 0 amide bonds. The van der Waals surface area contributed by atoms with E-state index in [2.05, 4.69) is 11.9 Å². The smallest absolute Gasteiger partial charge is 0.303 e. The Morgan fingerprint density at radius 3 is 2.29 bits per heavy atom. The van der Waals surface area contributed by atoms with Gasteiger partial charge in [0.25, 0.3) is 0 Å². The van der Waals surface area contributed by atoms with Crippen LogP contribution in [0.25, 0.3) is 0 Å². The highest BCUT2D eigenvalue weighted by atomic mass is 16.4. The van der Waals surface area contributed by atoms with Crippen LogP contribution in [0.2, 0.25) is 0 Å². The van der Waals surface area contributed by atoms with E-state index in [1.165, 1.54) is 12.8 Å². The number of likely N-dealkylation sites (tertiary alicyclic amines) is 1. The van der Waals surface area contributed by atoms with E-state index in [1.807, 2.05) is 13.8 Å². The standard InChI is InChI=1S/C9H17NO2.C2H6/c1-10-6-4-8(5-7-10)2-3-9(11)12;1-2/h8H,2-7H2,1H3,(H,11,12);1-2H3. The SMILES string of the molecule is CC.CN1CCC(CCC(=O)O)CC1. The third-order valence-electron chi connectivity index (χ3n) is 2.60. The van der Waals surface area contributed by atoms with Gasteiger partial charge in [0.15, 0.2) is 0 Å². The molecule has 1 fully saturated rings. The minimum Gasteiger partial charge on any atom is -0.481 e. The van der Waals surface area contributed by atoms with E-state index < -0.39 is 5.97 Å². The minimum atomic E-state index is -0.658. The number of carboxylic acid groups (broad SMARTS) is 1. The molecule has 3 heteroatoms. The zero-order chi connectivity index (χ0) is 11.0. The van der Waals surface area contributed by atoms with E-state index >= 15 is 0 Å². The van der Waals surface area contributed by atoms with Gasteiger partial charge in [-0.3, -0.25) is 4.79 Å². The lowest BCUT2D eigenvalue weighted by Crippen LogP contribution is -2.30. The van der Waals surface area contributed by atoms with E-state index in [0.29, 0.717) is 12.3 Å². The fraction of sp³-hybridized carbons (Fsp3) is 0.909. The molecule has 0 aromatic heterocycles. The van der Waals surface area contributed by atoms with Crippen molar-refractivity contribution in [2.45, 2.75) is 39.5 Å². The van der Waals surface area contributed by atoms with E-state index in [0.717, 1.165) is 19.5 Å². The van der Waals surface area contributed by atoms with Crippen LogP contribution in [0.4, 0.5) is 0 Å². The third-order valence-corrected chi connectivity index (χ3v) is 2.60. The summed E-state index contributed by atoms with van der Waals surface area (Å²) in [6, 6.07) is 0. The number of rotatable bonds is 3. The summed E-state index contributed by atoms with van der Waals surface area (Å²) < 4.78 is 0. The molecule has 0 atom stereocenters. The van der Waals surface area contributed by atoms with Gasteiger partial charge in [-0.15, -0.1) is 0 Å². The second kappa shape index (κ2) is 7.80. The van der Waals surface area contributed by atoms with Crippen molar-refractivity contribution >= 4 is 5.97 Å². The average Bonchev–Trinajstić information content (AvgIpc) is 2.20. The summed E-state index contributed by atoms with van der Waals surface area (Å²) in [5.74, 6) is -0.00812. The number of nitrogens with zero attached hydrogens (tertiary/aromatic N) is 1. The number of carbonyl (C=O) groups is 1. The predicted molar refractivity (Wildman–Crippen MR) is 58.4 cm³/mol. The Morgan fingerprint density at radius 2 is 1.86 bits per heavy atom. The minimum absolute atomic E-state index is 0.342. The Hall–Kier alpha value is -0.570. The normalized spacial score (nSPS) is 18.5. The number of piperidine rings is 1. The number of carboxylic acids is 1. The van der Waals surface area contributed by atoms with Gasteiger partial charge in [0.2, 0.25) is 0 Å². The van der Waals surface area contributed by atoms with E-state index in [4.69, 9.17) is 5.11 Å². The Labute approximate surface area is 87.1 Å². The van der Waals surface area contributed by atoms with Gasteiger partial charge >= 0.3 is 5.97 Å².